The van der Waals surface area contributed by atoms with Crippen molar-refractivity contribution in [1.82, 2.24) is 0 Å². The van der Waals surface area contributed by atoms with Gasteiger partial charge < -0.3 is 4.57 Å². The van der Waals surface area contributed by atoms with Crippen LogP contribution in [0.15, 0.2) is 12.4 Å². The van der Waals surface area contributed by atoms with E-state index in [4.69, 9.17) is 0 Å². The fraction of sp³-hybridized carbons (Fsp3) is 0.600. The molecule has 0 spiro atoms. The molecule has 0 aliphatic heterocycles. The van der Waals surface area contributed by atoms with Gasteiger partial charge in [0.1, 0.15) is 7.14 Å². The highest BCUT2D eigenvalue weighted by Crippen LogP contribution is 2.40. The number of hydrogen-bond acceptors (Lipinski definition) is 1. The predicted molar refractivity (Wildman–Crippen MR) is 34.3 cm³/mol. The Hall–Kier alpha value is -0.0300. The lowest BCUT2D eigenvalue weighted by Crippen LogP contribution is -1.73. The average molecular weight is 118 g/mol. The molecule has 0 amide bonds. The second-order valence-electron chi connectivity index (χ2n) is 1.67. The SMILES string of the molecule is C=CP(C)(=O)CC. The Morgan fingerprint density at radius 3 is 2.29 bits per heavy atom. The molecule has 0 aromatic rings. The molecule has 0 saturated carbocycles. The van der Waals surface area contributed by atoms with E-state index >= 15 is 0 Å². The van der Waals surface area contributed by atoms with E-state index in [1.165, 1.54) is 0 Å². The van der Waals surface area contributed by atoms with Gasteiger partial charge >= 0.3 is 0 Å². The van der Waals surface area contributed by atoms with Gasteiger partial charge in [0.15, 0.2) is 0 Å². The van der Waals surface area contributed by atoms with Gasteiger partial charge in [0, 0.05) is 6.16 Å². The average Bonchev–Trinajstić information content (AvgIpc) is 1.68. The summed E-state index contributed by atoms with van der Waals surface area (Å²) in [6.45, 7) is 7.08. The van der Waals surface area contributed by atoms with E-state index in [1.807, 2.05) is 6.92 Å². The molecule has 0 radical (unpaired) electrons. The summed E-state index contributed by atoms with van der Waals surface area (Å²) in [5, 5.41) is 0. The molecule has 0 aliphatic rings. The van der Waals surface area contributed by atoms with Gasteiger partial charge in [0.05, 0.1) is 0 Å². The molecule has 42 valence electrons. The lowest BCUT2D eigenvalue weighted by Gasteiger charge is -1.98. The van der Waals surface area contributed by atoms with Gasteiger partial charge in [-0.05, 0) is 12.5 Å². The van der Waals surface area contributed by atoms with Gasteiger partial charge in [0.25, 0.3) is 0 Å². The fourth-order valence-electron chi connectivity index (χ4n) is 0.129. The summed E-state index contributed by atoms with van der Waals surface area (Å²) in [6.07, 6.45) is 0.733. The Bertz CT molecular complexity index is 107. The normalized spacial score (nSPS) is 18.0. The van der Waals surface area contributed by atoms with Crippen LogP contribution in [-0.4, -0.2) is 12.8 Å². The maximum Gasteiger partial charge on any atom is 0.105 e. The standard InChI is InChI=1S/C5H11OP/c1-4-7(3,6)5-2/h4H,1,5H2,2-3H3. The van der Waals surface area contributed by atoms with Crippen LogP contribution in [0.3, 0.4) is 0 Å². The summed E-state index contributed by atoms with van der Waals surface area (Å²) in [6, 6.07) is 0. The lowest BCUT2D eigenvalue weighted by molar-refractivity contribution is 0.585. The number of hydrogen-bond donors (Lipinski definition) is 0. The molecule has 7 heavy (non-hydrogen) atoms. The minimum atomic E-state index is -1.89. The van der Waals surface area contributed by atoms with Crippen molar-refractivity contribution >= 4 is 7.14 Å². The van der Waals surface area contributed by atoms with Crippen molar-refractivity contribution in [3.05, 3.63) is 12.4 Å². The first-order chi connectivity index (χ1) is 3.12. The van der Waals surface area contributed by atoms with E-state index in [2.05, 4.69) is 6.58 Å². The van der Waals surface area contributed by atoms with Crippen LogP contribution >= 0.6 is 7.14 Å². The zero-order chi connectivity index (χ0) is 5.91. The van der Waals surface area contributed by atoms with Crippen LogP contribution in [-0.2, 0) is 4.57 Å². The minimum Gasteiger partial charge on any atom is -0.320 e. The quantitative estimate of drug-likeness (QED) is 0.507. The Balaban J connectivity index is 3.85. The molecular formula is C5H11OP. The molecule has 0 rings (SSSR count). The van der Waals surface area contributed by atoms with Crippen LogP contribution in [0.2, 0.25) is 0 Å². The largest absolute Gasteiger partial charge is 0.320 e. The van der Waals surface area contributed by atoms with Crippen molar-refractivity contribution in [1.29, 1.82) is 0 Å². The van der Waals surface area contributed by atoms with E-state index in [0.29, 0.717) is 0 Å². The Labute approximate surface area is 44.8 Å². The summed E-state index contributed by atoms with van der Waals surface area (Å²) >= 11 is 0. The Morgan fingerprint density at radius 1 is 1.86 bits per heavy atom. The van der Waals surface area contributed by atoms with Gasteiger partial charge in [-0.2, -0.15) is 0 Å². The van der Waals surface area contributed by atoms with Crippen LogP contribution in [0.5, 0.6) is 0 Å². The summed E-state index contributed by atoms with van der Waals surface area (Å²) < 4.78 is 10.8. The maximum atomic E-state index is 10.8. The van der Waals surface area contributed by atoms with Crippen molar-refractivity contribution in [2.45, 2.75) is 6.92 Å². The summed E-state index contributed by atoms with van der Waals surface area (Å²) in [7, 11) is -1.89. The third kappa shape index (κ3) is 2.64. The van der Waals surface area contributed by atoms with E-state index in [1.54, 1.807) is 12.5 Å². The molecule has 2 heteroatoms. The summed E-state index contributed by atoms with van der Waals surface area (Å²) in [4.78, 5) is 0. The molecule has 0 fully saturated rings. The first kappa shape index (κ1) is 6.97. The molecule has 0 heterocycles. The van der Waals surface area contributed by atoms with Crippen LogP contribution in [0.25, 0.3) is 0 Å². The zero-order valence-corrected chi connectivity index (χ0v) is 5.74. The minimum absolute atomic E-state index is 0.733. The van der Waals surface area contributed by atoms with E-state index in [0.717, 1.165) is 6.16 Å². The second kappa shape index (κ2) is 2.32. The molecule has 1 atom stereocenters. The van der Waals surface area contributed by atoms with Gasteiger partial charge in [0.2, 0.25) is 0 Å². The first-order valence-corrected chi connectivity index (χ1v) is 4.73. The molecule has 0 saturated heterocycles. The molecule has 0 aliphatic carbocycles. The smallest absolute Gasteiger partial charge is 0.105 e. The Morgan fingerprint density at radius 2 is 2.29 bits per heavy atom. The highest BCUT2D eigenvalue weighted by Gasteiger charge is 2.02. The van der Waals surface area contributed by atoms with Gasteiger partial charge in [-0.15, -0.1) is 0 Å². The van der Waals surface area contributed by atoms with Crippen molar-refractivity contribution in [3.63, 3.8) is 0 Å². The molecule has 0 bridgehead atoms. The van der Waals surface area contributed by atoms with Crippen LogP contribution < -0.4 is 0 Å². The van der Waals surface area contributed by atoms with Crippen LogP contribution in [0, 0.1) is 0 Å². The van der Waals surface area contributed by atoms with Gasteiger partial charge in [-0.25, -0.2) is 0 Å². The zero-order valence-electron chi connectivity index (χ0n) is 4.85. The van der Waals surface area contributed by atoms with E-state index in [9.17, 15) is 4.57 Å². The molecule has 1 unspecified atom stereocenters. The highest BCUT2D eigenvalue weighted by molar-refractivity contribution is 7.66. The Kier molecular flexibility index (Phi) is 2.31. The molecule has 0 N–H and O–H groups in total. The third-order valence-corrected chi connectivity index (χ3v) is 3.04. The third-order valence-electron chi connectivity index (χ3n) is 1.01. The van der Waals surface area contributed by atoms with Gasteiger partial charge in [-0.3, -0.25) is 0 Å². The van der Waals surface area contributed by atoms with Gasteiger partial charge in [-0.1, -0.05) is 13.5 Å². The monoisotopic (exact) mass is 118 g/mol. The van der Waals surface area contributed by atoms with Crippen molar-refractivity contribution in [2.24, 2.45) is 0 Å². The van der Waals surface area contributed by atoms with E-state index in [-0.39, 0.29) is 0 Å². The fourth-order valence-corrected chi connectivity index (χ4v) is 0.387. The highest BCUT2D eigenvalue weighted by atomic mass is 31.2. The topological polar surface area (TPSA) is 17.1 Å². The first-order valence-electron chi connectivity index (χ1n) is 2.32. The molecule has 1 nitrogen and oxygen atoms in total. The molecule has 0 aromatic heterocycles. The number of rotatable bonds is 2. The molecule has 0 aromatic carbocycles. The van der Waals surface area contributed by atoms with Crippen molar-refractivity contribution < 1.29 is 4.57 Å². The predicted octanol–water partition coefficient (Wildman–Crippen LogP) is 2.14. The lowest BCUT2D eigenvalue weighted by atomic mass is 11.0. The van der Waals surface area contributed by atoms with Crippen LogP contribution in [0.1, 0.15) is 6.92 Å². The second-order valence-corrected chi connectivity index (χ2v) is 5.02. The molecular weight excluding hydrogens is 107 g/mol. The maximum absolute atomic E-state index is 10.8. The summed E-state index contributed by atoms with van der Waals surface area (Å²) in [5.41, 5.74) is 0. The van der Waals surface area contributed by atoms with E-state index < -0.39 is 7.14 Å². The summed E-state index contributed by atoms with van der Waals surface area (Å²) in [5.74, 6) is 1.55. The van der Waals surface area contributed by atoms with Crippen molar-refractivity contribution in [2.75, 3.05) is 12.8 Å². The van der Waals surface area contributed by atoms with Crippen molar-refractivity contribution in [3.8, 4) is 0 Å². The van der Waals surface area contributed by atoms with Crippen LogP contribution in [0.4, 0.5) is 0 Å².